The highest BCUT2D eigenvalue weighted by molar-refractivity contribution is 6.60. The molecule has 1 atom stereocenters. The van der Waals surface area contributed by atoms with Crippen molar-refractivity contribution in [3.63, 3.8) is 0 Å². The van der Waals surface area contributed by atoms with Gasteiger partial charge in [0.2, 0.25) is 0 Å². The molecule has 0 spiro atoms. The van der Waals surface area contributed by atoms with E-state index in [4.69, 9.17) is 19.0 Å². The van der Waals surface area contributed by atoms with Crippen LogP contribution < -0.4 is 5.73 Å². The summed E-state index contributed by atoms with van der Waals surface area (Å²) in [6, 6.07) is 0.885. The van der Waals surface area contributed by atoms with E-state index in [0.29, 0.717) is 5.92 Å². The Labute approximate surface area is 171 Å². The highest BCUT2D eigenvalue weighted by Crippen LogP contribution is 2.27. The quantitative estimate of drug-likeness (QED) is 0.203. The van der Waals surface area contributed by atoms with Crippen LogP contribution in [0.4, 0.5) is 0 Å². The Morgan fingerprint density at radius 1 is 0.741 bits per heavy atom. The summed E-state index contributed by atoms with van der Waals surface area (Å²) in [5, 5.41) is 0. The van der Waals surface area contributed by atoms with Gasteiger partial charge in [-0.05, 0) is 32.6 Å². The molecule has 0 heterocycles. The summed E-state index contributed by atoms with van der Waals surface area (Å²) in [5.41, 5.74) is 6.22. The minimum Gasteiger partial charge on any atom is -0.377 e. The number of nitrogens with two attached hydrogens (primary N) is 1. The van der Waals surface area contributed by atoms with Crippen molar-refractivity contribution >= 4 is 8.80 Å². The molecule has 27 heavy (non-hydrogen) atoms. The summed E-state index contributed by atoms with van der Waals surface area (Å²) >= 11 is 0. The fraction of sp³-hybridized carbons (Fsp3) is 1.00. The molecule has 164 valence electrons. The van der Waals surface area contributed by atoms with Crippen molar-refractivity contribution in [3.8, 4) is 0 Å². The van der Waals surface area contributed by atoms with Crippen LogP contribution in [0.5, 0.6) is 0 Å². The zero-order valence-electron chi connectivity index (χ0n) is 19.3. The van der Waals surface area contributed by atoms with Crippen molar-refractivity contribution in [2.45, 2.75) is 116 Å². The molecule has 0 amide bonds. The Hall–Kier alpha value is 0.0569. The molecule has 2 N–H and O–H groups in total. The van der Waals surface area contributed by atoms with Crippen molar-refractivity contribution in [1.29, 1.82) is 0 Å². The molecule has 0 aliphatic carbocycles. The van der Waals surface area contributed by atoms with E-state index >= 15 is 0 Å². The average Bonchev–Trinajstić information content (AvgIpc) is 2.63. The number of rotatable bonds is 19. The lowest BCUT2D eigenvalue weighted by Gasteiger charge is -2.28. The van der Waals surface area contributed by atoms with E-state index in [9.17, 15) is 0 Å². The Balaban J connectivity index is 4.11. The Morgan fingerprint density at radius 3 is 1.63 bits per heavy atom. The van der Waals surface area contributed by atoms with Crippen LogP contribution in [0.25, 0.3) is 0 Å². The zero-order valence-corrected chi connectivity index (χ0v) is 20.3. The number of unbranched alkanes of at least 4 members (excludes halogenated alkanes) is 8. The summed E-state index contributed by atoms with van der Waals surface area (Å²) in [5.74, 6) is 0.687. The lowest BCUT2D eigenvalue weighted by atomic mass is 9.85. The van der Waals surface area contributed by atoms with Crippen LogP contribution in [0.3, 0.4) is 0 Å². The van der Waals surface area contributed by atoms with E-state index in [1.54, 1.807) is 21.3 Å². The summed E-state index contributed by atoms with van der Waals surface area (Å²) in [7, 11) is 2.65. The van der Waals surface area contributed by atoms with Gasteiger partial charge in [-0.25, -0.2) is 0 Å². The Morgan fingerprint density at radius 2 is 1.19 bits per heavy atom. The third kappa shape index (κ3) is 14.7. The smallest absolute Gasteiger partial charge is 0.377 e. The summed E-state index contributed by atoms with van der Waals surface area (Å²) in [6.45, 7) is 6.57. The van der Waals surface area contributed by atoms with Gasteiger partial charge in [0, 0.05) is 32.9 Å². The van der Waals surface area contributed by atoms with Gasteiger partial charge >= 0.3 is 8.80 Å². The first kappa shape index (κ1) is 27.1. The van der Waals surface area contributed by atoms with Crippen LogP contribution >= 0.6 is 0 Å². The third-order valence-corrected chi connectivity index (χ3v) is 8.39. The molecule has 0 radical (unpaired) electrons. The van der Waals surface area contributed by atoms with Crippen LogP contribution in [-0.2, 0) is 13.3 Å². The monoisotopic (exact) mass is 403 g/mol. The van der Waals surface area contributed by atoms with Crippen molar-refractivity contribution < 1.29 is 13.3 Å². The molecule has 0 aliphatic heterocycles. The molecule has 5 heteroatoms. The molecular weight excluding hydrogens is 354 g/mol. The second-order valence-corrected chi connectivity index (χ2v) is 12.0. The molecular formula is C22H49NO3Si. The zero-order chi connectivity index (χ0) is 20.6. The number of hydrogen-bond donors (Lipinski definition) is 1. The van der Waals surface area contributed by atoms with Crippen LogP contribution in [-0.4, -0.2) is 35.7 Å². The second kappa shape index (κ2) is 15.9. The predicted molar refractivity (Wildman–Crippen MR) is 119 cm³/mol. The van der Waals surface area contributed by atoms with E-state index in [-0.39, 0.29) is 5.54 Å². The van der Waals surface area contributed by atoms with Gasteiger partial charge in [0.1, 0.15) is 0 Å². The van der Waals surface area contributed by atoms with E-state index in [1.807, 2.05) is 0 Å². The van der Waals surface area contributed by atoms with Gasteiger partial charge in [0.25, 0.3) is 0 Å². The maximum Gasteiger partial charge on any atom is 0.500 e. The standard InChI is InChI=1S/C22H49NO3Si/c1-7-8-9-10-11-12-13-14-15-17-21(20-22(2,3)23)18-16-19-27(24-4,25-5)26-6/h21H,7-20,23H2,1-6H3. The maximum absolute atomic E-state index is 6.32. The average molecular weight is 404 g/mol. The molecule has 0 saturated heterocycles. The van der Waals surface area contributed by atoms with Crippen molar-refractivity contribution in [1.82, 2.24) is 0 Å². The maximum atomic E-state index is 6.32. The molecule has 4 nitrogen and oxygen atoms in total. The van der Waals surface area contributed by atoms with Gasteiger partial charge in [0.05, 0.1) is 0 Å². The van der Waals surface area contributed by atoms with E-state index in [1.165, 1.54) is 70.6 Å². The minimum absolute atomic E-state index is 0.0950. The number of hydrogen-bond acceptors (Lipinski definition) is 4. The highest BCUT2D eigenvalue weighted by atomic mass is 28.4. The Kier molecular flexibility index (Phi) is 16.0. The Bertz CT molecular complexity index is 322. The van der Waals surface area contributed by atoms with E-state index < -0.39 is 8.80 Å². The summed E-state index contributed by atoms with van der Waals surface area (Å²) < 4.78 is 16.6. The molecule has 0 fully saturated rings. The molecule has 0 bridgehead atoms. The van der Waals surface area contributed by atoms with Crippen LogP contribution in [0.1, 0.15) is 104 Å². The molecule has 0 aliphatic rings. The lowest BCUT2D eigenvalue weighted by Crippen LogP contribution is -2.42. The van der Waals surface area contributed by atoms with Gasteiger partial charge < -0.3 is 19.0 Å². The van der Waals surface area contributed by atoms with Gasteiger partial charge in [-0.3, -0.25) is 0 Å². The van der Waals surface area contributed by atoms with Crippen molar-refractivity contribution in [3.05, 3.63) is 0 Å². The first-order valence-corrected chi connectivity index (χ1v) is 13.2. The molecule has 0 saturated carbocycles. The summed E-state index contributed by atoms with van der Waals surface area (Å²) in [6.07, 6.45) is 17.1. The fourth-order valence-electron chi connectivity index (χ4n) is 4.00. The van der Waals surface area contributed by atoms with Gasteiger partial charge in [-0.2, -0.15) is 0 Å². The molecule has 0 aromatic heterocycles. The SMILES string of the molecule is CCCCCCCCCCCC(CCC[Si](OC)(OC)OC)CC(C)(C)N. The van der Waals surface area contributed by atoms with Crippen molar-refractivity contribution in [2.24, 2.45) is 11.7 Å². The molecule has 0 aromatic carbocycles. The van der Waals surface area contributed by atoms with E-state index in [2.05, 4.69) is 20.8 Å². The second-order valence-electron chi connectivity index (χ2n) is 8.86. The largest absolute Gasteiger partial charge is 0.500 e. The normalized spacial score (nSPS) is 13.9. The first-order chi connectivity index (χ1) is 12.8. The van der Waals surface area contributed by atoms with Gasteiger partial charge in [0.15, 0.2) is 0 Å². The van der Waals surface area contributed by atoms with Crippen LogP contribution in [0.2, 0.25) is 6.04 Å². The van der Waals surface area contributed by atoms with Crippen molar-refractivity contribution in [2.75, 3.05) is 21.3 Å². The molecule has 0 aromatic rings. The van der Waals surface area contributed by atoms with Crippen LogP contribution in [0.15, 0.2) is 0 Å². The van der Waals surface area contributed by atoms with E-state index in [0.717, 1.165) is 18.9 Å². The lowest BCUT2D eigenvalue weighted by molar-refractivity contribution is 0.122. The van der Waals surface area contributed by atoms with Gasteiger partial charge in [-0.15, -0.1) is 0 Å². The minimum atomic E-state index is -2.44. The summed E-state index contributed by atoms with van der Waals surface area (Å²) in [4.78, 5) is 0. The molecule has 0 rings (SSSR count). The van der Waals surface area contributed by atoms with Crippen LogP contribution in [0, 0.1) is 5.92 Å². The highest BCUT2D eigenvalue weighted by Gasteiger charge is 2.37. The topological polar surface area (TPSA) is 53.7 Å². The van der Waals surface area contributed by atoms with Gasteiger partial charge in [-0.1, -0.05) is 77.6 Å². The first-order valence-electron chi connectivity index (χ1n) is 11.3. The third-order valence-electron chi connectivity index (χ3n) is 5.56. The predicted octanol–water partition coefficient (Wildman–Crippen LogP) is 6.31. The molecule has 1 unspecified atom stereocenters. The fourth-order valence-corrected chi connectivity index (χ4v) is 5.75.